The Kier molecular flexibility index (Phi) is 4.33. The Labute approximate surface area is 134 Å². The average molecular weight is 331 g/mol. The second-order valence-corrected chi connectivity index (χ2v) is 4.85. The van der Waals surface area contributed by atoms with Crippen LogP contribution in [0.25, 0.3) is 22.2 Å². The fourth-order valence-electron chi connectivity index (χ4n) is 2.16. The Bertz CT molecular complexity index is 900. The molecule has 0 aliphatic heterocycles. The Morgan fingerprint density at radius 3 is 2.38 bits per heavy atom. The molecule has 4 nitrogen and oxygen atoms in total. The molecule has 0 radical (unpaired) electrons. The summed E-state index contributed by atoms with van der Waals surface area (Å²) in [5.74, 6) is 0. The van der Waals surface area contributed by atoms with E-state index in [2.05, 4.69) is 31.8 Å². The highest BCUT2D eigenvalue weighted by Crippen LogP contribution is 2.27. The van der Waals surface area contributed by atoms with Gasteiger partial charge < -0.3 is 9.51 Å². The number of rotatable bonds is 1. The number of H-pyrrole nitrogens is 1. The van der Waals surface area contributed by atoms with Gasteiger partial charge >= 0.3 is 6.18 Å². The fraction of sp³-hybridized carbons (Fsp3) is 0.0588. The van der Waals surface area contributed by atoms with Crippen LogP contribution in [0, 0.1) is 0 Å². The van der Waals surface area contributed by atoms with Crippen molar-refractivity contribution >= 4 is 10.9 Å². The van der Waals surface area contributed by atoms with Crippen molar-refractivity contribution in [1.82, 2.24) is 15.1 Å². The fourth-order valence-corrected chi connectivity index (χ4v) is 2.16. The molecule has 0 unspecified atom stereocenters. The van der Waals surface area contributed by atoms with Crippen LogP contribution >= 0.6 is 0 Å². The first kappa shape index (κ1) is 15.8. The van der Waals surface area contributed by atoms with E-state index in [4.69, 9.17) is 0 Å². The van der Waals surface area contributed by atoms with Gasteiger partial charge in [-0.3, -0.25) is 4.98 Å². The maximum Gasteiger partial charge on any atom is 0.436 e. The van der Waals surface area contributed by atoms with Gasteiger partial charge in [0.15, 0.2) is 5.69 Å². The summed E-state index contributed by atoms with van der Waals surface area (Å²) in [6.45, 7) is 0. The number of aromatic amines is 1. The van der Waals surface area contributed by atoms with Crippen LogP contribution in [-0.4, -0.2) is 15.1 Å². The van der Waals surface area contributed by atoms with Gasteiger partial charge in [-0.15, -0.1) is 0 Å². The first-order valence-corrected chi connectivity index (χ1v) is 7.01. The van der Waals surface area contributed by atoms with E-state index >= 15 is 0 Å². The van der Waals surface area contributed by atoms with Crippen LogP contribution in [0.4, 0.5) is 13.2 Å². The van der Waals surface area contributed by atoms with Gasteiger partial charge in [0.25, 0.3) is 0 Å². The van der Waals surface area contributed by atoms with Gasteiger partial charge in [-0.25, -0.2) is 0 Å². The lowest BCUT2D eigenvalue weighted by Crippen LogP contribution is -2.04. The van der Waals surface area contributed by atoms with Crippen molar-refractivity contribution < 1.29 is 17.7 Å². The highest BCUT2D eigenvalue weighted by atomic mass is 19.4. The summed E-state index contributed by atoms with van der Waals surface area (Å²) in [5, 5.41) is 3.91. The smallest absolute Gasteiger partial charge is 0.364 e. The van der Waals surface area contributed by atoms with E-state index in [1.165, 1.54) is 5.39 Å². The molecular formula is C17H12F3N3O. The molecule has 3 heterocycles. The monoisotopic (exact) mass is 331 g/mol. The molecule has 7 heteroatoms. The molecule has 0 saturated heterocycles. The normalized spacial score (nSPS) is 11.1. The highest BCUT2D eigenvalue weighted by molar-refractivity contribution is 5.94. The Hall–Kier alpha value is -3.09. The molecule has 0 atom stereocenters. The number of nitrogens with one attached hydrogen (secondary N) is 1. The van der Waals surface area contributed by atoms with E-state index in [1.807, 2.05) is 42.7 Å². The molecule has 0 spiro atoms. The predicted octanol–water partition coefficient (Wildman–Crippen LogP) is 4.92. The molecule has 122 valence electrons. The number of alkyl halides is 3. The molecule has 0 aliphatic carbocycles. The lowest BCUT2D eigenvalue weighted by molar-refractivity contribution is -0.142. The maximum atomic E-state index is 11.5. The molecule has 4 aromatic rings. The van der Waals surface area contributed by atoms with Gasteiger partial charge in [0.1, 0.15) is 6.26 Å². The number of aromatic nitrogens is 3. The molecule has 4 rings (SSSR count). The van der Waals surface area contributed by atoms with Crippen LogP contribution in [0.15, 0.2) is 71.7 Å². The quantitative estimate of drug-likeness (QED) is 0.538. The molecule has 0 saturated carbocycles. The summed E-state index contributed by atoms with van der Waals surface area (Å²) in [5.41, 5.74) is 2.32. The molecule has 1 aromatic carbocycles. The third-order valence-corrected chi connectivity index (χ3v) is 3.26. The van der Waals surface area contributed by atoms with Crippen LogP contribution in [0.1, 0.15) is 5.69 Å². The van der Waals surface area contributed by atoms with Crippen LogP contribution in [0.3, 0.4) is 0 Å². The third-order valence-electron chi connectivity index (χ3n) is 3.26. The van der Waals surface area contributed by atoms with Gasteiger partial charge in [0.2, 0.25) is 0 Å². The van der Waals surface area contributed by atoms with Gasteiger partial charge in [0.05, 0.1) is 5.69 Å². The van der Waals surface area contributed by atoms with Crippen molar-refractivity contribution in [3.8, 4) is 11.3 Å². The van der Waals surface area contributed by atoms with E-state index in [0.29, 0.717) is 0 Å². The Morgan fingerprint density at radius 2 is 1.75 bits per heavy atom. The zero-order chi connectivity index (χ0) is 17.0. The molecule has 0 aliphatic rings. The van der Waals surface area contributed by atoms with E-state index in [-0.39, 0.29) is 0 Å². The summed E-state index contributed by atoms with van der Waals surface area (Å²) >= 11 is 0. The largest absolute Gasteiger partial charge is 0.436 e. The molecule has 0 fully saturated rings. The van der Waals surface area contributed by atoms with Gasteiger partial charge in [-0.1, -0.05) is 29.4 Å². The number of nitrogens with zero attached hydrogens (tertiary/aromatic N) is 2. The zero-order valence-electron chi connectivity index (χ0n) is 12.3. The van der Waals surface area contributed by atoms with E-state index in [9.17, 15) is 13.2 Å². The minimum absolute atomic E-state index is 0.764. The van der Waals surface area contributed by atoms with Crippen molar-refractivity contribution in [3.63, 3.8) is 0 Å². The van der Waals surface area contributed by atoms with Gasteiger partial charge in [-0.2, -0.15) is 13.2 Å². The van der Waals surface area contributed by atoms with E-state index < -0.39 is 11.9 Å². The predicted molar refractivity (Wildman–Crippen MR) is 83.0 cm³/mol. The zero-order valence-corrected chi connectivity index (χ0v) is 12.3. The molecule has 0 amide bonds. The van der Waals surface area contributed by atoms with Crippen LogP contribution in [-0.2, 0) is 6.18 Å². The number of fused-ring (bicyclic) bond motifs is 1. The second-order valence-electron chi connectivity index (χ2n) is 4.85. The maximum absolute atomic E-state index is 11.5. The van der Waals surface area contributed by atoms with Gasteiger partial charge in [-0.05, 0) is 18.2 Å². The summed E-state index contributed by atoms with van der Waals surface area (Å²) in [4.78, 5) is 7.60. The summed E-state index contributed by atoms with van der Waals surface area (Å²) in [6.07, 6.45) is 0.319. The van der Waals surface area contributed by atoms with Gasteiger partial charge in [0, 0.05) is 34.9 Å². The Morgan fingerprint density at radius 1 is 0.958 bits per heavy atom. The number of pyridine rings is 1. The Balaban J connectivity index is 0.000000162. The molecule has 0 bridgehead atoms. The SMILES string of the molecule is FC(F)(F)c1ccon1.c1ccc(-c2c[nH]c3ccccc23)nc1. The minimum atomic E-state index is -4.38. The van der Waals surface area contributed by atoms with E-state index in [0.717, 1.165) is 29.1 Å². The van der Waals surface area contributed by atoms with Crippen LogP contribution in [0.2, 0.25) is 0 Å². The minimum Gasteiger partial charge on any atom is -0.364 e. The van der Waals surface area contributed by atoms with Crippen molar-refractivity contribution in [1.29, 1.82) is 0 Å². The lowest BCUT2D eigenvalue weighted by atomic mass is 10.1. The first-order chi connectivity index (χ1) is 11.6. The van der Waals surface area contributed by atoms with Crippen LogP contribution in [0.5, 0.6) is 0 Å². The van der Waals surface area contributed by atoms with Crippen molar-refractivity contribution in [3.05, 3.63) is 72.9 Å². The molecule has 1 N–H and O–H groups in total. The summed E-state index contributed by atoms with van der Waals surface area (Å²) in [7, 11) is 0. The number of hydrogen-bond acceptors (Lipinski definition) is 3. The second kappa shape index (κ2) is 6.57. The molecule has 24 heavy (non-hydrogen) atoms. The van der Waals surface area contributed by atoms with Crippen molar-refractivity contribution in [2.24, 2.45) is 0 Å². The first-order valence-electron chi connectivity index (χ1n) is 7.01. The lowest BCUT2D eigenvalue weighted by Gasteiger charge is -1.97. The van der Waals surface area contributed by atoms with Crippen LogP contribution < -0.4 is 0 Å². The molecular weight excluding hydrogens is 319 g/mol. The van der Waals surface area contributed by atoms with E-state index in [1.54, 1.807) is 0 Å². The van der Waals surface area contributed by atoms with Crippen molar-refractivity contribution in [2.75, 3.05) is 0 Å². The number of halogens is 3. The number of benzene rings is 1. The standard InChI is InChI=1S/C13H10N2.C4H2F3NO/c1-2-6-12-10(5-1)11(9-15-12)13-7-3-4-8-14-13;5-4(6,7)3-1-2-9-8-3/h1-9,15H;1-2H. The number of para-hydroxylation sites is 1. The topological polar surface area (TPSA) is 54.7 Å². The summed E-state index contributed by atoms with van der Waals surface area (Å²) in [6, 6.07) is 15.0. The molecule has 3 aromatic heterocycles. The average Bonchev–Trinajstić information content (AvgIpc) is 3.26. The highest BCUT2D eigenvalue weighted by Gasteiger charge is 2.33. The summed E-state index contributed by atoms with van der Waals surface area (Å²) < 4.78 is 38.5. The van der Waals surface area contributed by atoms with Crippen molar-refractivity contribution in [2.45, 2.75) is 6.18 Å². The third kappa shape index (κ3) is 3.45. The number of hydrogen-bond donors (Lipinski definition) is 1.